The Morgan fingerprint density at radius 3 is 2.84 bits per heavy atom. The topological polar surface area (TPSA) is 147 Å². The number of carbonyl (C=O) groups is 4. The summed E-state index contributed by atoms with van der Waals surface area (Å²) in [7, 11) is 0. The number of nitrogens with zero attached hydrogens (tertiary/aromatic N) is 3. The molecular weight excluding hydrogens is 412 g/mol. The van der Waals surface area contributed by atoms with Crippen LogP contribution in [0.3, 0.4) is 0 Å². The molecule has 3 heterocycles. The highest BCUT2D eigenvalue weighted by Gasteiger charge is 2.32. The SMILES string of the molecule is C=C(/C=N\C1=C(C)CCC(=O)N1)[C@@H]1CCCCN1C(=O)C(=O)Nc1cncc(C(N)=O)c1. The summed E-state index contributed by atoms with van der Waals surface area (Å²) in [6.07, 6.45) is 7.51. The molecular formula is C22H26N6O4. The zero-order chi connectivity index (χ0) is 23.3. The Hall–Kier alpha value is -3.82. The van der Waals surface area contributed by atoms with Crippen molar-refractivity contribution >= 4 is 35.5 Å². The van der Waals surface area contributed by atoms with Crippen molar-refractivity contribution in [1.82, 2.24) is 15.2 Å². The van der Waals surface area contributed by atoms with Crippen LogP contribution < -0.4 is 16.4 Å². The highest BCUT2D eigenvalue weighted by Crippen LogP contribution is 2.23. The van der Waals surface area contributed by atoms with Gasteiger partial charge < -0.3 is 21.3 Å². The molecule has 1 fully saturated rings. The van der Waals surface area contributed by atoms with Crippen LogP contribution in [-0.2, 0) is 14.4 Å². The fourth-order valence-electron chi connectivity index (χ4n) is 3.61. The fraction of sp³-hybridized carbons (Fsp3) is 0.364. The third-order valence-electron chi connectivity index (χ3n) is 5.42. The first-order valence-corrected chi connectivity index (χ1v) is 10.4. The third-order valence-corrected chi connectivity index (χ3v) is 5.42. The Bertz CT molecular complexity index is 1030. The van der Waals surface area contributed by atoms with Gasteiger partial charge >= 0.3 is 11.8 Å². The van der Waals surface area contributed by atoms with Gasteiger partial charge in [-0.15, -0.1) is 0 Å². The Kier molecular flexibility index (Phi) is 7.14. The van der Waals surface area contributed by atoms with Gasteiger partial charge in [0, 0.05) is 25.4 Å². The van der Waals surface area contributed by atoms with Crippen LogP contribution in [0.15, 0.2) is 47.0 Å². The number of nitrogens with one attached hydrogen (secondary N) is 2. The van der Waals surface area contributed by atoms with Crippen molar-refractivity contribution in [2.24, 2.45) is 10.7 Å². The van der Waals surface area contributed by atoms with Crippen LogP contribution in [0.4, 0.5) is 5.69 Å². The molecule has 4 N–H and O–H groups in total. The molecule has 0 aromatic carbocycles. The van der Waals surface area contributed by atoms with E-state index in [9.17, 15) is 19.2 Å². The maximum Gasteiger partial charge on any atom is 0.313 e. The smallest absolute Gasteiger partial charge is 0.313 e. The average molecular weight is 438 g/mol. The van der Waals surface area contributed by atoms with Gasteiger partial charge in [0.05, 0.1) is 23.5 Å². The summed E-state index contributed by atoms with van der Waals surface area (Å²) in [5.74, 6) is -1.84. The summed E-state index contributed by atoms with van der Waals surface area (Å²) < 4.78 is 0. The van der Waals surface area contributed by atoms with Crippen molar-refractivity contribution in [3.63, 3.8) is 0 Å². The Morgan fingerprint density at radius 2 is 2.09 bits per heavy atom. The normalized spacial score (nSPS) is 19.0. The van der Waals surface area contributed by atoms with E-state index >= 15 is 0 Å². The van der Waals surface area contributed by atoms with Gasteiger partial charge in [-0.25, -0.2) is 4.99 Å². The second kappa shape index (κ2) is 9.99. The Morgan fingerprint density at radius 1 is 1.31 bits per heavy atom. The summed E-state index contributed by atoms with van der Waals surface area (Å²) in [6, 6.07) is 0.968. The molecule has 0 radical (unpaired) electrons. The Labute approximate surface area is 185 Å². The minimum Gasteiger partial charge on any atom is -0.366 e. The maximum absolute atomic E-state index is 12.9. The van der Waals surface area contributed by atoms with Gasteiger partial charge in [-0.2, -0.15) is 0 Å². The molecule has 168 valence electrons. The van der Waals surface area contributed by atoms with Gasteiger partial charge in [0.2, 0.25) is 11.8 Å². The number of piperidine rings is 1. The van der Waals surface area contributed by atoms with E-state index in [1.54, 1.807) is 6.21 Å². The summed E-state index contributed by atoms with van der Waals surface area (Å²) in [6.45, 7) is 6.35. The van der Waals surface area contributed by atoms with E-state index in [1.165, 1.54) is 23.4 Å². The summed E-state index contributed by atoms with van der Waals surface area (Å²) >= 11 is 0. The molecule has 0 aliphatic carbocycles. The molecule has 0 saturated carbocycles. The van der Waals surface area contributed by atoms with E-state index in [0.29, 0.717) is 37.2 Å². The summed E-state index contributed by atoms with van der Waals surface area (Å²) in [5, 5.41) is 5.20. The van der Waals surface area contributed by atoms with Crippen molar-refractivity contribution in [1.29, 1.82) is 0 Å². The number of allylic oxidation sites excluding steroid dienone is 1. The molecule has 2 aliphatic rings. The quantitative estimate of drug-likeness (QED) is 0.468. The lowest BCUT2D eigenvalue weighted by Gasteiger charge is -2.35. The number of pyridine rings is 1. The van der Waals surface area contributed by atoms with E-state index in [1.807, 2.05) is 6.92 Å². The zero-order valence-corrected chi connectivity index (χ0v) is 17.9. The second-order valence-corrected chi connectivity index (χ2v) is 7.80. The second-order valence-electron chi connectivity index (χ2n) is 7.80. The number of hydrogen-bond acceptors (Lipinski definition) is 6. The van der Waals surface area contributed by atoms with E-state index in [-0.39, 0.29) is 23.2 Å². The summed E-state index contributed by atoms with van der Waals surface area (Å²) in [5.41, 5.74) is 7.09. The first-order chi connectivity index (χ1) is 15.3. The van der Waals surface area contributed by atoms with Gasteiger partial charge in [0.25, 0.3) is 0 Å². The molecule has 32 heavy (non-hydrogen) atoms. The highest BCUT2D eigenvalue weighted by molar-refractivity contribution is 6.39. The predicted octanol–water partition coefficient (Wildman–Crippen LogP) is 1.27. The number of rotatable bonds is 5. The lowest BCUT2D eigenvalue weighted by molar-refractivity contribution is -0.145. The molecule has 4 amide bonds. The molecule has 0 spiro atoms. The molecule has 1 saturated heterocycles. The number of aliphatic imine (C=N–C) groups is 1. The van der Waals surface area contributed by atoms with Crippen molar-refractivity contribution in [2.75, 3.05) is 11.9 Å². The first-order valence-electron chi connectivity index (χ1n) is 10.4. The monoisotopic (exact) mass is 438 g/mol. The summed E-state index contributed by atoms with van der Waals surface area (Å²) in [4.78, 5) is 58.1. The average Bonchev–Trinajstić information content (AvgIpc) is 2.79. The van der Waals surface area contributed by atoms with Gasteiger partial charge in [-0.3, -0.25) is 24.2 Å². The number of carbonyl (C=O) groups excluding carboxylic acids is 4. The standard InChI is InChI=1S/C22H26N6O4/c1-13-6-7-18(29)27-20(13)25-10-14(2)17-5-3-4-8-28(17)22(32)21(31)26-16-9-15(19(23)30)11-24-12-16/h9-12,17H,2-8H2,1H3,(H2,23,30)(H,26,31)(H,27,29)/b25-10-/t17-/m0/s1. The molecule has 1 aromatic heterocycles. The first kappa shape index (κ1) is 22.9. The van der Waals surface area contributed by atoms with Gasteiger partial charge in [0.15, 0.2) is 0 Å². The number of primary amides is 1. The molecule has 3 rings (SSSR count). The predicted molar refractivity (Wildman–Crippen MR) is 118 cm³/mol. The molecule has 0 bridgehead atoms. The molecule has 1 atom stereocenters. The van der Waals surface area contributed by atoms with Crippen molar-refractivity contribution < 1.29 is 19.2 Å². The zero-order valence-electron chi connectivity index (χ0n) is 17.9. The number of aromatic nitrogens is 1. The number of amides is 4. The lowest BCUT2D eigenvalue weighted by atomic mass is 9.96. The fourth-order valence-corrected chi connectivity index (χ4v) is 3.61. The lowest BCUT2D eigenvalue weighted by Crippen LogP contribution is -2.49. The van der Waals surface area contributed by atoms with E-state index in [2.05, 4.69) is 27.2 Å². The highest BCUT2D eigenvalue weighted by atomic mass is 16.2. The molecule has 0 unspecified atom stereocenters. The number of anilines is 1. The third kappa shape index (κ3) is 5.45. The molecule has 10 heteroatoms. The van der Waals surface area contributed by atoms with Crippen molar-refractivity contribution in [2.45, 2.75) is 45.1 Å². The number of likely N-dealkylation sites (tertiary alicyclic amines) is 1. The van der Waals surface area contributed by atoms with Crippen LogP contribution in [-0.4, -0.2) is 52.3 Å². The van der Waals surface area contributed by atoms with Crippen LogP contribution in [0.1, 0.15) is 49.4 Å². The van der Waals surface area contributed by atoms with Gasteiger partial charge in [-0.05, 0) is 49.8 Å². The van der Waals surface area contributed by atoms with Crippen LogP contribution in [0.25, 0.3) is 0 Å². The van der Waals surface area contributed by atoms with Gasteiger partial charge in [0.1, 0.15) is 5.82 Å². The van der Waals surface area contributed by atoms with E-state index in [0.717, 1.165) is 18.4 Å². The van der Waals surface area contributed by atoms with Gasteiger partial charge in [-0.1, -0.05) is 6.58 Å². The van der Waals surface area contributed by atoms with Crippen LogP contribution >= 0.6 is 0 Å². The van der Waals surface area contributed by atoms with Crippen molar-refractivity contribution in [3.8, 4) is 0 Å². The molecule has 2 aliphatic heterocycles. The molecule has 1 aromatic rings. The largest absolute Gasteiger partial charge is 0.366 e. The van der Waals surface area contributed by atoms with Crippen LogP contribution in [0, 0.1) is 0 Å². The Balaban J connectivity index is 1.70. The van der Waals surface area contributed by atoms with Crippen LogP contribution in [0.2, 0.25) is 0 Å². The minimum atomic E-state index is -0.844. The van der Waals surface area contributed by atoms with Crippen molar-refractivity contribution in [3.05, 3.63) is 47.6 Å². The maximum atomic E-state index is 12.9. The minimum absolute atomic E-state index is 0.0885. The number of nitrogens with two attached hydrogens (primary N) is 1. The number of hydrogen-bond donors (Lipinski definition) is 3. The van der Waals surface area contributed by atoms with E-state index in [4.69, 9.17) is 5.73 Å². The van der Waals surface area contributed by atoms with Crippen LogP contribution in [0.5, 0.6) is 0 Å². The van der Waals surface area contributed by atoms with E-state index < -0.39 is 17.7 Å². The molecule has 10 nitrogen and oxygen atoms in total.